The molecule has 0 aliphatic heterocycles. The van der Waals surface area contributed by atoms with Crippen LogP contribution in [0, 0.1) is 18.2 Å². The zero-order valence-electron chi connectivity index (χ0n) is 7.85. The smallest absolute Gasteiger partial charge is 0.124 e. The molecule has 0 amide bonds. The van der Waals surface area contributed by atoms with Gasteiger partial charge in [0.1, 0.15) is 5.82 Å². The molecule has 0 bridgehead atoms. The molecule has 14 heavy (non-hydrogen) atoms. The SMILES string of the molecule is C#CC(C)NCc1cc(F)cc(Br)c1. The van der Waals surface area contributed by atoms with E-state index in [-0.39, 0.29) is 11.9 Å². The van der Waals surface area contributed by atoms with E-state index in [1.807, 2.05) is 13.0 Å². The Bertz CT molecular complexity index is 337. The fourth-order valence-corrected chi connectivity index (χ4v) is 1.56. The first-order valence-electron chi connectivity index (χ1n) is 4.26. The second kappa shape index (κ2) is 5.14. The van der Waals surface area contributed by atoms with E-state index in [4.69, 9.17) is 6.42 Å². The largest absolute Gasteiger partial charge is 0.300 e. The topological polar surface area (TPSA) is 12.0 Å². The summed E-state index contributed by atoms with van der Waals surface area (Å²) in [6, 6.07) is 4.77. The van der Waals surface area contributed by atoms with Crippen LogP contribution in [0.5, 0.6) is 0 Å². The van der Waals surface area contributed by atoms with Crippen molar-refractivity contribution in [3.8, 4) is 12.3 Å². The van der Waals surface area contributed by atoms with Crippen LogP contribution in [-0.4, -0.2) is 6.04 Å². The van der Waals surface area contributed by atoms with Crippen molar-refractivity contribution < 1.29 is 4.39 Å². The number of halogens is 2. The van der Waals surface area contributed by atoms with Crippen molar-refractivity contribution in [1.82, 2.24) is 5.32 Å². The molecular formula is C11H11BrFN. The molecule has 74 valence electrons. The molecule has 1 rings (SSSR count). The van der Waals surface area contributed by atoms with E-state index in [1.54, 1.807) is 0 Å². The van der Waals surface area contributed by atoms with E-state index in [2.05, 4.69) is 27.2 Å². The van der Waals surface area contributed by atoms with E-state index < -0.39 is 0 Å². The first-order chi connectivity index (χ1) is 6.61. The Morgan fingerprint density at radius 2 is 2.29 bits per heavy atom. The van der Waals surface area contributed by atoms with Gasteiger partial charge >= 0.3 is 0 Å². The lowest BCUT2D eigenvalue weighted by molar-refractivity contribution is 0.613. The highest BCUT2D eigenvalue weighted by molar-refractivity contribution is 9.10. The maximum Gasteiger partial charge on any atom is 0.124 e. The molecule has 1 aromatic carbocycles. The van der Waals surface area contributed by atoms with Crippen molar-refractivity contribution in [3.05, 3.63) is 34.1 Å². The average Bonchev–Trinajstić information content (AvgIpc) is 2.12. The van der Waals surface area contributed by atoms with Crippen LogP contribution in [-0.2, 0) is 6.54 Å². The lowest BCUT2D eigenvalue weighted by Gasteiger charge is -2.07. The Hall–Kier alpha value is -0.850. The minimum atomic E-state index is -0.246. The lowest BCUT2D eigenvalue weighted by atomic mass is 10.2. The van der Waals surface area contributed by atoms with Gasteiger partial charge in [-0.3, -0.25) is 5.32 Å². The predicted octanol–water partition coefficient (Wildman–Crippen LogP) is 2.70. The van der Waals surface area contributed by atoms with Gasteiger partial charge in [0, 0.05) is 11.0 Å². The first kappa shape index (κ1) is 11.2. The van der Waals surface area contributed by atoms with Crippen LogP contribution in [0.15, 0.2) is 22.7 Å². The van der Waals surface area contributed by atoms with Crippen LogP contribution < -0.4 is 5.32 Å². The second-order valence-electron chi connectivity index (χ2n) is 3.05. The molecule has 0 heterocycles. The Labute approximate surface area is 91.8 Å². The van der Waals surface area contributed by atoms with Crippen molar-refractivity contribution in [2.24, 2.45) is 0 Å². The van der Waals surface area contributed by atoms with Gasteiger partial charge in [-0.2, -0.15) is 0 Å². The van der Waals surface area contributed by atoms with Gasteiger partial charge in [0.2, 0.25) is 0 Å². The third-order valence-electron chi connectivity index (χ3n) is 1.78. The Balaban J connectivity index is 2.64. The van der Waals surface area contributed by atoms with Crippen molar-refractivity contribution in [2.75, 3.05) is 0 Å². The van der Waals surface area contributed by atoms with Crippen LogP contribution >= 0.6 is 15.9 Å². The molecule has 3 heteroatoms. The summed E-state index contributed by atoms with van der Waals surface area (Å²) in [7, 11) is 0. The van der Waals surface area contributed by atoms with Gasteiger partial charge in [-0.1, -0.05) is 21.9 Å². The van der Waals surface area contributed by atoms with Crippen molar-refractivity contribution in [2.45, 2.75) is 19.5 Å². The summed E-state index contributed by atoms with van der Waals surface area (Å²) in [5.41, 5.74) is 0.874. The quantitative estimate of drug-likeness (QED) is 0.820. The summed E-state index contributed by atoms with van der Waals surface area (Å²) in [4.78, 5) is 0. The molecule has 0 spiro atoms. The molecule has 0 aromatic heterocycles. The Kier molecular flexibility index (Phi) is 4.12. The highest BCUT2D eigenvalue weighted by Crippen LogP contribution is 2.14. The summed E-state index contributed by atoms with van der Waals surface area (Å²) < 4.78 is 13.7. The lowest BCUT2D eigenvalue weighted by Crippen LogP contribution is -2.23. The van der Waals surface area contributed by atoms with Crippen LogP contribution in [0.2, 0.25) is 0 Å². The normalized spacial score (nSPS) is 12.1. The van der Waals surface area contributed by atoms with E-state index >= 15 is 0 Å². The molecular weight excluding hydrogens is 245 g/mol. The summed E-state index contributed by atoms with van der Waals surface area (Å²) in [5, 5.41) is 3.08. The fraction of sp³-hybridized carbons (Fsp3) is 0.273. The first-order valence-corrected chi connectivity index (χ1v) is 5.05. The molecule has 0 aliphatic rings. The monoisotopic (exact) mass is 255 g/mol. The third-order valence-corrected chi connectivity index (χ3v) is 2.24. The summed E-state index contributed by atoms with van der Waals surface area (Å²) in [5.74, 6) is 2.30. The second-order valence-corrected chi connectivity index (χ2v) is 3.96. The van der Waals surface area contributed by atoms with Gasteiger partial charge in [0.15, 0.2) is 0 Å². The minimum Gasteiger partial charge on any atom is -0.300 e. The van der Waals surface area contributed by atoms with Crippen molar-refractivity contribution in [3.63, 3.8) is 0 Å². The number of nitrogens with one attached hydrogen (secondary N) is 1. The van der Waals surface area contributed by atoms with Gasteiger partial charge < -0.3 is 0 Å². The van der Waals surface area contributed by atoms with Crippen LogP contribution in [0.3, 0.4) is 0 Å². The molecule has 0 aliphatic carbocycles. The van der Waals surface area contributed by atoms with Crippen molar-refractivity contribution in [1.29, 1.82) is 0 Å². The van der Waals surface area contributed by atoms with E-state index in [0.29, 0.717) is 6.54 Å². The van der Waals surface area contributed by atoms with Gasteiger partial charge in [-0.05, 0) is 30.7 Å². The molecule has 1 N–H and O–H groups in total. The number of rotatable bonds is 3. The summed E-state index contributed by atoms with van der Waals surface area (Å²) in [6.07, 6.45) is 5.20. The van der Waals surface area contributed by atoms with Gasteiger partial charge in [0.05, 0.1) is 6.04 Å². The average molecular weight is 256 g/mol. The molecule has 1 unspecified atom stereocenters. The number of hydrogen-bond donors (Lipinski definition) is 1. The Morgan fingerprint density at radius 1 is 1.57 bits per heavy atom. The third kappa shape index (κ3) is 3.49. The van der Waals surface area contributed by atoms with E-state index in [0.717, 1.165) is 10.0 Å². The Morgan fingerprint density at radius 3 is 2.86 bits per heavy atom. The van der Waals surface area contributed by atoms with Crippen molar-refractivity contribution >= 4 is 15.9 Å². The van der Waals surface area contributed by atoms with Crippen LogP contribution in [0.4, 0.5) is 4.39 Å². The number of terminal acetylenes is 1. The molecule has 0 saturated carbocycles. The summed E-state index contributed by atoms with van der Waals surface area (Å²) >= 11 is 3.23. The predicted molar refractivity (Wildman–Crippen MR) is 59.2 cm³/mol. The van der Waals surface area contributed by atoms with Crippen LogP contribution in [0.1, 0.15) is 12.5 Å². The van der Waals surface area contributed by atoms with Crippen LogP contribution in [0.25, 0.3) is 0 Å². The standard InChI is InChI=1S/C11H11BrFN/c1-3-8(2)14-7-9-4-10(12)6-11(13)5-9/h1,4-6,8,14H,7H2,2H3. The molecule has 0 radical (unpaired) electrons. The van der Waals surface area contributed by atoms with Gasteiger partial charge in [0.25, 0.3) is 0 Å². The summed E-state index contributed by atoms with van der Waals surface area (Å²) in [6.45, 7) is 2.45. The highest BCUT2D eigenvalue weighted by Gasteiger charge is 2.00. The minimum absolute atomic E-state index is 0.00274. The fourth-order valence-electron chi connectivity index (χ4n) is 1.04. The van der Waals surface area contributed by atoms with Gasteiger partial charge in [-0.25, -0.2) is 4.39 Å². The molecule has 1 aromatic rings. The molecule has 0 saturated heterocycles. The zero-order chi connectivity index (χ0) is 10.6. The molecule has 1 nitrogen and oxygen atoms in total. The molecule has 0 fully saturated rings. The maximum absolute atomic E-state index is 12.9. The maximum atomic E-state index is 12.9. The number of benzene rings is 1. The highest BCUT2D eigenvalue weighted by atomic mass is 79.9. The van der Waals surface area contributed by atoms with E-state index in [1.165, 1.54) is 12.1 Å². The zero-order valence-corrected chi connectivity index (χ0v) is 9.44. The van der Waals surface area contributed by atoms with E-state index in [9.17, 15) is 4.39 Å². The number of hydrogen-bond acceptors (Lipinski definition) is 1. The van der Waals surface area contributed by atoms with Gasteiger partial charge in [-0.15, -0.1) is 6.42 Å². The molecule has 1 atom stereocenters.